The minimum atomic E-state index is -0.0231. The highest BCUT2D eigenvalue weighted by Gasteiger charge is 2.26. The molecule has 1 aliphatic heterocycles. The van der Waals surface area contributed by atoms with Crippen molar-refractivity contribution in [2.75, 3.05) is 13.2 Å². The Labute approximate surface area is 136 Å². The van der Waals surface area contributed by atoms with Crippen LogP contribution in [0.3, 0.4) is 0 Å². The molecule has 5 nitrogen and oxygen atoms in total. The Kier molecular flexibility index (Phi) is 4.11. The van der Waals surface area contributed by atoms with Crippen molar-refractivity contribution in [3.8, 4) is 5.75 Å². The van der Waals surface area contributed by atoms with Gasteiger partial charge in [0.15, 0.2) is 12.4 Å². The predicted molar refractivity (Wildman–Crippen MR) is 86.5 cm³/mol. The fourth-order valence-corrected chi connectivity index (χ4v) is 2.96. The highest BCUT2D eigenvalue weighted by Crippen LogP contribution is 2.26. The zero-order chi connectivity index (χ0) is 16.6. The average Bonchev–Trinajstić information content (AvgIpc) is 2.91. The van der Waals surface area contributed by atoms with Crippen LogP contribution in [0, 0.1) is 27.7 Å². The Morgan fingerprint density at radius 2 is 2.00 bits per heavy atom. The summed E-state index contributed by atoms with van der Waals surface area (Å²) in [7, 11) is 0. The van der Waals surface area contributed by atoms with Crippen LogP contribution in [0.5, 0.6) is 5.75 Å². The van der Waals surface area contributed by atoms with Gasteiger partial charge >= 0.3 is 0 Å². The number of rotatable bonds is 3. The van der Waals surface area contributed by atoms with Crippen LogP contribution in [-0.4, -0.2) is 29.1 Å². The Morgan fingerprint density at radius 1 is 1.26 bits per heavy atom. The molecule has 3 rings (SSSR count). The van der Waals surface area contributed by atoms with E-state index < -0.39 is 0 Å². The lowest BCUT2D eigenvalue weighted by atomic mass is 10.1. The summed E-state index contributed by atoms with van der Waals surface area (Å²) in [5.74, 6) is 1.58. The summed E-state index contributed by atoms with van der Waals surface area (Å²) in [6, 6.07) is 4.09. The van der Waals surface area contributed by atoms with Crippen molar-refractivity contribution in [2.45, 2.75) is 40.7 Å². The van der Waals surface area contributed by atoms with Gasteiger partial charge in [0.25, 0.3) is 5.91 Å². The number of benzene rings is 1. The standard InChI is InChI=1S/C18H22N2O3/c1-11-5-6-12(2)18(13(11)3)22-10-17(21)20-8-7-15-14(4)19-23-16(15)9-20/h5-6H,7-10H2,1-4H3. The molecule has 122 valence electrons. The number of ether oxygens (including phenoxy) is 1. The maximum Gasteiger partial charge on any atom is 0.260 e. The molecule has 0 radical (unpaired) electrons. The van der Waals surface area contributed by atoms with Gasteiger partial charge in [-0.3, -0.25) is 4.79 Å². The summed E-state index contributed by atoms with van der Waals surface area (Å²) in [5, 5.41) is 3.97. The van der Waals surface area contributed by atoms with Crippen molar-refractivity contribution in [3.63, 3.8) is 0 Å². The van der Waals surface area contributed by atoms with E-state index in [4.69, 9.17) is 9.26 Å². The van der Waals surface area contributed by atoms with Crippen LogP contribution >= 0.6 is 0 Å². The van der Waals surface area contributed by atoms with Crippen LogP contribution in [0.15, 0.2) is 16.7 Å². The van der Waals surface area contributed by atoms with Gasteiger partial charge in [-0.2, -0.15) is 0 Å². The summed E-state index contributed by atoms with van der Waals surface area (Å²) < 4.78 is 11.1. The van der Waals surface area contributed by atoms with Crippen LogP contribution < -0.4 is 4.74 Å². The predicted octanol–water partition coefficient (Wildman–Crippen LogP) is 2.87. The second kappa shape index (κ2) is 6.07. The quantitative estimate of drug-likeness (QED) is 0.874. The van der Waals surface area contributed by atoms with Gasteiger partial charge in [-0.1, -0.05) is 17.3 Å². The van der Waals surface area contributed by atoms with Gasteiger partial charge in [0.05, 0.1) is 12.2 Å². The Morgan fingerprint density at radius 3 is 2.78 bits per heavy atom. The fraction of sp³-hybridized carbons (Fsp3) is 0.444. The van der Waals surface area contributed by atoms with Crippen LogP contribution in [-0.2, 0) is 17.8 Å². The lowest BCUT2D eigenvalue weighted by Crippen LogP contribution is -2.38. The topological polar surface area (TPSA) is 55.6 Å². The fourth-order valence-electron chi connectivity index (χ4n) is 2.96. The maximum absolute atomic E-state index is 12.4. The molecule has 1 aromatic heterocycles. The number of aryl methyl sites for hydroxylation is 3. The normalized spacial score (nSPS) is 13.8. The van der Waals surface area contributed by atoms with E-state index >= 15 is 0 Å². The molecule has 0 bridgehead atoms. The third-order valence-corrected chi connectivity index (χ3v) is 4.60. The maximum atomic E-state index is 12.4. The number of fused-ring (bicyclic) bond motifs is 1. The van der Waals surface area contributed by atoms with Crippen molar-refractivity contribution < 1.29 is 14.1 Å². The van der Waals surface area contributed by atoms with Crippen LogP contribution in [0.4, 0.5) is 0 Å². The SMILES string of the molecule is Cc1ccc(C)c(OCC(=O)N2CCc3c(C)noc3C2)c1C. The Hall–Kier alpha value is -2.30. The van der Waals surface area contributed by atoms with Crippen molar-refractivity contribution in [2.24, 2.45) is 0 Å². The van der Waals surface area contributed by atoms with Crippen LogP contribution in [0.25, 0.3) is 0 Å². The zero-order valence-electron chi connectivity index (χ0n) is 14.1. The highest BCUT2D eigenvalue weighted by atomic mass is 16.5. The molecule has 0 fully saturated rings. The highest BCUT2D eigenvalue weighted by molar-refractivity contribution is 5.78. The van der Waals surface area contributed by atoms with Gasteiger partial charge in [-0.25, -0.2) is 0 Å². The number of carbonyl (C=O) groups is 1. The van der Waals surface area contributed by atoms with Gasteiger partial charge < -0.3 is 14.2 Å². The smallest absolute Gasteiger partial charge is 0.260 e. The summed E-state index contributed by atoms with van der Waals surface area (Å²) in [5.41, 5.74) is 5.37. The van der Waals surface area contributed by atoms with Gasteiger partial charge in [0.1, 0.15) is 5.75 Å². The van der Waals surface area contributed by atoms with Crippen molar-refractivity contribution in [3.05, 3.63) is 45.8 Å². The molecule has 0 spiro atoms. The van der Waals surface area contributed by atoms with Gasteiger partial charge in [0, 0.05) is 12.1 Å². The van der Waals surface area contributed by atoms with E-state index in [1.54, 1.807) is 4.90 Å². The minimum absolute atomic E-state index is 0.0231. The molecular formula is C18H22N2O3. The third kappa shape index (κ3) is 2.96. The molecule has 1 aliphatic rings. The van der Waals surface area contributed by atoms with Crippen molar-refractivity contribution >= 4 is 5.91 Å². The number of amides is 1. The second-order valence-corrected chi connectivity index (χ2v) is 6.18. The summed E-state index contributed by atoms with van der Waals surface area (Å²) in [4.78, 5) is 14.2. The monoisotopic (exact) mass is 314 g/mol. The molecule has 0 saturated carbocycles. The summed E-state index contributed by atoms with van der Waals surface area (Å²) >= 11 is 0. The van der Waals surface area contributed by atoms with E-state index in [1.165, 1.54) is 0 Å². The molecule has 23 heavy (non-hydrogen) atoms. The van der Waals surface area contributed by atoms with E-state index in [0.29, 0.717) is 13.1 Å². The molecule has 0 saturated heterocycles. The molecule has 1 amide bonds. The number of hydrogen-bond acceptors (Lipinski definition) is 4. The van der Waals surface area contributed by atoms with Crippen molar-refractivity contribution in [1.82, 2.24) is 10.1 Å². The Bertz CT molecular complexity index is 749. The van der Waals surface area contributed by atoms with Gasteiger partial charge in [-0.15, -0.1) is 0 Å². The van der Waals surface area contributed by atoms with E-state index in [-0.39, 0.29) is 12.5 Å². The first-order valence-corrected chi connectivity index (χ1v) is 7.88. The van der Waals surface area contributed by atoms with Crippen LogP contribution in [0.1, 0.15) is 33.7 Å². The first-order chi connectivity index (χ1) is 11.0. The number of hydrogen-bond donors (Lipinski definition) is 0. The largest absolute Gasteiger partial charge is 0.483 e. The first-order valence-electron chi connectivity index (χ1n) is 7.88. The summed E-state index contributed by atoms with van der Waals surface area (Å²) in [6.45, 7) is 9.21. The van der Waals surface area contributed by atoms with Gasteiger partial charge in [-0.05, 0) is 50.8 Å². The molecular weight excluding hydrogens is 292 g/mol. The zero-order valence-corrected chi connectivity index (χ0v) is 14.1. The molecule has 0 unspecified atom stereocenters. The van der Waals surface area contributed by atoms with E-state index in [0.717, 1.165) is 45.9 Å². The molecule has 2 aromatic rings. The van der Waals surface area contributed by atoms with Gasteiger partial charge in [0.2, 0.25) is 0 Å². The van der Waals surface area contributed by atoms with E-state index in [2.05, 4.69) is 11.2 Å². The average molecular weight is 314 g/mol. The molecule has 0 atom stereocenters. The number of nitrogens with zero attached hydrogens (tertiary/aromatic N) is 2. The van der Waals surface area contributed by atoms with E-state index in [1.807, 2.05) is 33.8 Å². The first kappa shape index (κ1) is 15.6. The second-order valence-electron chi connectivity index (χ2n) is 6.18. The molecule has 2 heterocycles. The Balaban J connectivity index is 1.66. The van der Waals surface area contributed by atoms with Crippen LogP contribution in [0.2, 0.25) is 0 Å². The lowest BCUT2D eigenvalue weighted by molar-refractivity contribution is -0.134. The van der Waals surface area contributed by atoms with E-state index in [9.17, 15) is 4.79 Å². The molecule has 0 aliphatic carbocycles. The lowest BCUT2D eigenvalue weighted by Gasteiger charge is -2.26. The van der Waals surface area contributed by atoms with Crippen molar-refractivity contribution in [1.29, 1.82) is 0 Å². The molecule has 0 N–H and O–H groups in total. The number of aromatic nitrogens is 1. The number of carbonyl (C=O) groups excluding carboxylic acids is 1. The molecule has 1 aromatic carbocycles. The minimum Gasteiger partial charge on any atom is -0.483 e. The molecule has 5 heteroatoms. The third-order valence-electron chi connectivity index (χ3n) is 4.60. The summed E-state index contributed by atoms with van der Waals surface area (Å²) in [6.07, 6.45) is 0.791.